The molecule has 0 saturated carbocycles. The van der Waals surface area contributed by atoms with E-state index >= 15 is 0 Å². The molecule has 0 heterocycles. The molecule has 1 N–H and O–H groups in total. The zero-order valence-electron chi connectivity index (χ0n) is 9.04. The summed E-state index contributed by atoms with van der Waals surface area (Å²) in [6.07, 6.45) is 0. The number of halogens is 1. The Morgan fingerprint density at radius 1 is 1.17 bits per heavy atom. The number of nitro groups is 1. The fraction of sp³-hybridized carbons (Fsp3) is 0. The van der Waals surface area contributed by atoms with Gasteiger partial charge in [0.05, 0.1) is 9.95 Å². The molecule has 0 unspecified atom stereocenters. The molecule has 0 atom stereocenters. The van der Waals surface area contributed by atoms with E-state index < -0.39 is 4.92 Å². The number of aromatic hydroxyl groups is 1. The molecule has 0 bridgehead atoms. The van der Waals surface area contributed by atoms with Gasteiger partial charge in [-0.25, -0.2) is 0 Å². The molecule has 0 aliphatic carbocycles. The number of phenolic OH excluding ortho intramolecular Hbond substituents is 1. The summed E-state index contributed by atoms with van der Waals surface area (Å²) in [4.78, 5) is 10.3. The molecule has 0 aromatic heterocycles. The zero-order chi connectivity index (χ0) is 13.1. The van der Waals surface area contributed by atoms with E-state index in [1.165, 1.54) is 30.3 Å². The molecule has 2 aromatic carbocycles. The van der Waals surface area contributed by atoms with E-state index in [9.17, 15) is 15.2 Å². The highest BCUT2D eigenvalue weighted by atomic mass is 35.5. The molecule has 0 aliphatic heterocycles. The van der Waals surface area contributed by atoms with Gasteiger partial charge in [-0.1, -0.05) is 29.8 Å². The molecule has 0 spiro atoms. The molecule has 18 heavy (non-hydrogen) atoms. The number of nitro benzene ring substituents is 1. The minimum atomic E-state index is -0.596. The SMILES string of the molecule is O=[N+]([O-])c1cccc(Cl)c1Oc1ccccc1O. The first-order valence-electron chi connectivity index (χ1n) is 4.98. The van der Waals surface area contributed by atoms with Gasteiger partial charge in [-0.15, -0.1) is 0 Å². The summed E-state index contributed by atoms with van der Waals surface area (Å²) in [5.41, 5.74) is -0.259. The van der Waals surface area contributed by atoms with Crippen LogP contribution >= 0.6 is 11.6 Å². The predicted octanol–water partition coefficient (Wildman–Crippen LogP) is 3.75. The van der Waals surface area contributed by atoms with Crippen molar-refractivity contribution < 1.29 is 14.8 Å². The van der Waals surface area contributed by atoms with Gasteiger partial charge in [0.2, 0.25) is 5.75 Å². The van der Waals surface area contributed by atoms with Crippen molar-refractivity contribution in [3.63, 3.8) is 0 Å². The summed E-state index contributed by atoms with van der Waals surface area (Å²) < 4.78 is 5.31. The third-order valence-corrected chi connectivity index (χ3v) is 2.52. The van der Waals surface area contributed by atoms with Crippen LogP contribution < -0.4 is 4.74 Å². The van der Waals surface area contributed by atoms with Crippen LogP contribution in [0.4, 0.5) is 5.69 Å². The average molecular weight is 266 g/mol. The highest BCUT2D eigenvalue weighted by molar-refractivity contribution is 6.32. The summed E-state index contributed by atoms with van der Waals surface area (Å²) in [6.45, 7) is 0. The normalized spacial score (nSPS) is 10.1. The second-order valence-electron chi connectivity index (χ2n) is 3.41. The smallest absolute Gasteiger partial charge is 0.313 e. The molecule has 0 radical (unpaired) electrons. The summed E-state index contributed by atoms with van der Waals surface area (Å²) in [7, 11) is 0. The van der Waals surface area contributed by atoms with Crippen LogP contribution in [0, 0.1) is 10.1 Å². The van der Waals surface area contributed by atoms with Crippen LogP contribution in [0.3, 0.4) is 0 Å². The molecular weight excluding hydrogens is 258 g/mol. The van der Waals surface area contributed by atoms with E-state index in [4.69, 9.17) is 16.3 Å². The van der Waals surface area contributed by atoms with E-state index in [-0.39, 0.29) is 28.0 Å². The highest BCUT2D eigenvalue weighted by Gasteiger charge is 2.19. The lowest BCUT2D eigenvalue weighted by atomic mass is 10.3. The number of hydrogen-bond donors (Lipinski definition) is 1. The molecule has 92 valence electrons. The molecular formula is C12H8ClNO4. The molecule has 0 fully saturated rings. The van der Waals surface area contributed by atoms with Crippen molar-refractivity contribution >= 4 is 17.3 Å². The van der Waals surface area contributed by atoms with E-state index in [2.05, 4.69) is 0 Å². The quantitative estimate of drug-likeness (QED) is 0.678. The first-order chi connectivity index (χ1) is 8.59. The third kappa shape index (κ3) is 2.36. The molecule has 0 amide bonds. The maximum atomic E-state index is 10.9. The van der Waals surface area contributed by atoms with Gasteiger partial charge in [0.25, 0.3) is 0 Å². The lowest BCUT2D eigenvalue weighted by Gasteiger charge is -2.08. The summed E-state index contributed by atoms with van der Waals surface area (Å²) in [5.74, 6) is -0.105. The van der Waals surface area contributed by atoms with Crippen molar-refractivity contribution in [3.8, 4) is 17.2 Å². The van der Waals surface area contributed by atoms with Crippen molar-refractivity contribution in [2.24, 2.45) is 0 Å². The fourth-order valence-corrected chi connectivity index (χ4v) is 1.60. The predicted molar refractivity (Wildman–Crippen MR) is 66.3 cm³/mol. The van der Waals surface area contributed by atoms with Crippen LogP contribution in [0.5, 0.6) is 17.2 Å². The maximum absolute atomic E-state index is 10.9. The van der Waals surface area contributed by atoms with Gasteiger partial charge in [0.15, 0.2) is 11.5 Å². The number of ether oxygens (including phenoxy) is 1. The van der Waals surface area contributed by atoms with E-state index in [1.54, 1.807) is 12.1 Å². The number of benzene rings is 2. The Kier molecular flexibility index (Phi) is 3.34. The molecule has 2 rings (SSSR count). The molecule has 0 aliphatic rings. The van der Waals surface area contributed by atoms with Crippen LogP contribution in [0.15, 0.2) is 42.5 Å². The van der Waals surface area contributed by atoms with Gasteiger partial charge < -0.3 is 9.84 Å². The van der Waals surface area contributed by atoms with Gasteiger partial charge in [0.1, 0.15) is 0 Å². The van der Waals surface area contributed by atoms with E-state index in [0.29, 0.717) is 0 Å². The maximum Gasteiger partial charge on any atom is 0.313 e. The van der Waals surface area contributed by atoms with Crippen molar-refractivity contribution in [1.82, 2.24) is 0 Å². The number of para-hydroxylation sites is 3. The van der Waals surface area contributed by atoms with E-state index in [0.717, 1.165) is 0 Å². The van der Waals surface area contributed by atoms with Crippen LogP contribution in [-0.2, 0) is 0 Å². The van der Waals surface area contributed by atoms with Gasteiger partial charge in [-0.2, -0.15) is 0 Å². The third-order valence-electron chi connectivity index (χ3n) is 2.22. The Balaban J connectivity index is 2.46. The van der Waals surface area contributed by atoms with Crippen molar-refractivity contribution in [2.75, 3.05) is 0 Å². The Morgan fingerprint density at radius 2 is 1.89 bits per heavy atom. The highest BCUT2D eigenvalue weighted by Crippen LogP contribution is 2.40. The molecule has 2 aromatic rings. The second kappa shape index (κ2) is 4.93. The minimum absolute atomic E-state index is 0.0920. The van der Waals surface area contributed by atoms with E-state index in [1.807, 2.05) is 0 Å². The van der Waals surface area contributed by atoms with Crippen LogP contribution in [0.1, 0.15) is 0 Å². The first-order valence-corrected chi connectivity index (χ1v) is 5.36. The largest absolute Gasteiger partial charge is 0.504 e. The van der Waals surface area contributed by atoms with Crippen molar-refractivity contribution in [3.05, 3.63) is 57.6 Å². The first kappa shape index (κ1) is 12.2. The van der Waals surface area contributed by atoms with Gasteiger partial charge in [-0.3, -0.25) is 10.1 Å². The molecule has 0 saturated heterocycles. The average Bonchev–Trinajstić information content (AvgIpc) is 2.34. The van der Waals surface area contributed by atoms with Gasteiger partial charge >= 0.3 is 5.69 Å². The number of rotatable bonds is 3. The second-order valence-corrected chi connectivity index (χ2v) is 3.82. The topological polar surface area (TPSA) is 72.6 Å². The Labute approximate surface area is 107 Å². The Hall–Kier alpha value is -2.27. The van der Waals surface area contributed by atoms with Gasteiger partial charge in [0, 0.05) is 6.07 Å². The van der Waals surface area contributed by atoms with Crippen molar-refractivity contribution in [1.29, 1.82) is 0 Å². The number of phenols is 1. The summed E-state index contributed by atoms with van der Waals surface area (Å²) in [6, 6.07) is 10.4. The monoisotopic (exact) mass is 265 g/mol. The van der Waals surface area contributed by atoms with Crippen LogP contribution in [0.25, 0.3) is 0 Å². The zero-order valence-corrected chi connectivity index (χ0v) is 9.79. The number of hydrogen-bond acceptors (Lipinski definition) is 4. The van der Waals surface area contributed by atoms with Crippen LogP contribution in [-0.4, -0.2) is 10.0 Å². The summed E-state index contributed by atoms with van der Waals surface area (Å²) >= 11 is 5.86. The lowest BCUT2D eigenvalue weighted by Crippen LogP contribution is -1.94. The Bertz CT molecular complexity index is 600. The standard InChI is InChI=1S/C12H8ClNO4/c13-8-4-3-5-9(14(16)17)12(8)18-11-7-2-1-6-10(11)15/h1-7,15H. The summed E-state index contributed by atoms with van der Waals surface area (Å²) in [5, 5.41) is 20.5. The van der Waals surface area contributed by atoms with Crippen molar-refractivity contribution in [2.45, 2.75) is 0 Å². The fourth-order valence-electron chi connectivity index (χ4n) is 1.40. The number of nitrogens with zero attached hydrogens (tertiary/aromatic N) is 1. The molecule has 6 heteroatoms. The Morgan fingerprint density at radius 3 is 2.56 bits per heavy atom. The van der Waals surface area contributed by atoms with Crippen LogP contribution in [0.2, 0.25) is 5.02 Å². The lowest BCUT2D eigenvalue weighted by molar-refractivity contribution is -0.385. The van der Waals surface area contributed by atoms with Gasteiger partial charge in [-0.05, 0) is 18.2 Å². The minimum Gasteiger partial charge on any atom is -0.504 e. The molecule has 5 nitrogen and oxygen atoms in total.